The van der Waals surface area contributed by atoms with Crippen molar-refractivity contribution in [1.82, 2.24) is 0 Å². The standard InChI is InChI=1S/C60H96O6/c1-4-7-10-13-16-19-22-25-28-30-31-33-35-38-41-44-47-50-53-59(62)65-56-57(55-64-58(61)52-49-46-43-40-37-34-27-24-21-18-15-12-9-6-3)66-60(63)54-51-48-45-42-39-36-32-29-26-23-20-17-14-11-8-5-2/h9-10,12-13,16,18-19,21-22,25,27-34,36,39,57H,4-8,11,14-15,17,20,23-24,26,35,37-38,40-56H2,1-3H3/b12-9-,13-10-,19-16-,21-18-,25-22-,30-28-,32-29-,33-31-,34-27-,39-36-. The lowest BCUT2D eigenvalue weighted by atomic mass is 10.1. The van der Waals surface area contributed by atoms with E-state index in [2.05, 4.69) is 106 Å². The molecular weight excluding hydrogens is 817 g/mol. The molecule has 1 unspecified atom stereocenters. The van der Waals surface area contributed by atoms with Crippen molar-refractivity contribution in [3.05, 3.63) is 122 Å². The maximum Gasteiger partial charge on any atom is 0.306 e. The fourth-order valence-electron chi connectivity index (χ4n) is 6.83. The molecule has 0 saturated heterocycles. The van der Waals surface area contributed by atoms with Gasteiger partial charge in [0.25, 0.3) is 0 Å². The molecule has 372 valence electrons. The number of carbonyl (C=O) groups is 3. The molecule has 66 heavy (non-hydrogen) atoms. The Labute approximate surface area is 405 Å². The Morgan fingerprint density at radius 2 is 0.682 bits per heavy atom. The fourth-order valence-corrected chi connectivity index (χ4v) is 6.83. The second-order valence-corrected chi connectivity index (χ2v) is 17.2. The van der Waals surface area contributed by atoms with E-state index in [1.54, 1.807) is 0 Å². The van der Waals surface area contributed by atoms with Gasteiger partial charge in [0.05, 0.1) is 0 Å². The van der Waals surface area contributed by atoms with Crippen molar-refractivity contribution in [3.8, 4) is 0 Å². The summed E-state index contributed by atoms with van der Waals surface area (Å²) in [5.74, 6) is -0.991. The Bertz CT molecular complexity index is 1420. The number of hydrogen-bond acceptors (Lipinski definition) is 6. The van der Waals surface area contributed by atoms with Gasteiger partial charge in [-0.1, -0.05) is 226 Å². The summed E-state index contributed by atoms with van der Waals surface area (Å²) < 4.78 is 16.8. The number of carbonyl (C=O) groups excluding carboxylic acids is 3. The van der Waals surface area contributed by atoms with Crippen molar-refractivity contribution in [3.63, 3.8) is 0 Å². The molecule has 1 atom stereocenters. The molecule has 6 nitrogen and oxygen atoms in total. The Hall–Kier alpha value is -4.19. The maximum atomic E-state index is 12.8. The van der Waals surface area contributed by atoms with Crippen molar-refractivity contribution in [2.45, 2.75) is 226 Å². The number of hydrogen-bond donors (Lipinski definition) is 0. The number of allylic oxidation sites excluding steroid dienone is 20. The molecule has 0 rings (SSSR count). The summed E-state index contributed by atoms with van der Waals surface area (Å²) in [6, 6.07) is 0. The fraction of sp³-hybridized carbons (Fsp3) is 0.617. The van der Waals surface area contributed by atoms with Gasteiger partial charge in [-0.15, -0.1) is 0 Å². The Morgan fingerprint density at radius 1 is 0.333 bits per heavy atom. The average molecular weight is 913 g/mol. The highest BCUT2D eigenvalue weighted by Crippen LogP contribution is 2.13. The van der Waals surface area contributed by atoms with E-state index in [4.69, 9.17) is 14.2 Å². The van der Waals surface area contributed by atoms with Crippen LogP contribution in [0.4, 0.5) is 0 Å². The molecule has 0 aromatic heterocycles. The number of ether oxygens (including phenoxy) is 3. The van der Waals surface area contributed by atoms with Crippen LogP contribution in [0.2, 0.25) is 0 Å². The molecule has 0 saturated carbocycles. The molecule has 0 N–H and O–H groups in total. The topological polar surface area (TPSA) is 78.9 Å². The molecule has 0 heterocycles. The summed E-state index contributed by atoms with van der Waals surface area (Å²) >= 11 is 0. The van der Waals surface area contributed by atoms with E-state index in [-0.39, 0.29) is 37.5 Å². The zero-order valence-electron chi connectivity index (χ0n) is 42.4. The van der Waals surface area contributed by atoms with Crippen molar-refractivity contribution < 1.29 is 28.6 Å². The molecular formula is C60H96O6. The van der Waals surface area contributed by atoms with Gasteiger partial charge in [0.2, 0.25) is 0 Å². The normalized spacial score (nSPS) is 13.1. The highest BCUT2D eigenvalue weighted by molar-refractivity contribution is 5.71. The largest absolute Gasteiger partial charge is 0.462 e. The van der Waals surface area contributed by atoms with Crippen molar-refractivity contribution >= 4 is 17.9 Å². The third kappa shape index (κ3) is 50.8. The van der Waals surface area contributed by atoms with Gasteiger partial charge in [-0.2, -0.15) is 0 Å². The van der Waals surface area contributed by atoms with E-state index in [0.29, 0.717) is 12.8 Å². The summed E-state index contributed by atoms with van der Waals surface area (Å²) in [4.78, 5) is 38.0. The lowest BCUT2D eigenvalue weighted by Crippen LogP contribution is -2.30. The van der Waals surface area contributed by atoms with Gasteiger partial charge in [0.15, 0.2) is 6.10 Å². The molecule has 0 fully saturated rings. The molecule has 0 aliphatic carbocycles. The van der Waals surface area contributed by atoms with Gasteiger partial charge in [-0.25, -0.2) is 0 Å². The van der Waals surface area contributed by atoms with Crippen LogP contribution in [0.15, 0.2) is 122 Å². The zero-order chi connectivity index (χ0) is 47.9. The van der Waals surface area contributed by atoms with Crippen LogP contribution in [-0.4, -0.2) is 37.2 Å². The molecule has 0 aromatic rings. The van der Waals surface area contributed by atoms with E-state index in [0.717, 1.165) is 128 Å². The van der Waals surface area contributed by atoms with Crippen molar-refractivity contribution in [2.24, 2.45) is 0 Å². The lowest BCUT2D eigenvalue weighted by Gasteiger charge is -2.18. The molecule has 0 aliphatic rings. The predicted octanol–water partition coefficient (Wildman–Crippen LogP) is 17.7. The van der Waals surface area contributed by atoms with Gasteiger partial charge < -0.3 is 14.2 Å². The minimum Gasteiger partial charge on any atom is -0.462 e. The number of esters is 3. The lowest BCUT2D eigenvalue weighted by molar-refractivity contribution is -0.167. The first kappa shape index (κ1) is 61.8. The Balaban J connectivity index is 4.54. The van der Waals surface area contributed by atoms with Crippen LogP contribution in [0, 0.1) is 0 Å². The first-order valence-electron chi connectivity index (χ1n) is 26.6. The van der Waals surface area contributed by atoms with Crippen LogP contribution in [-0.2, 0) is 28.6 Å². The molecule has 0 bridgehead atoms. The third-order valence-electron chi connectivity index (χ3n) is 10.8. The first-order chi connectivity index (χ1) is 32.5. The Morgan fingerprint density at radius 3 is 1.15 bits per heavy atom. The molecule has 0 aromatic carbocycles. The molecule has 0 aliphatic heterocycles. The predicted molar refractivity (Wildman–Crippen MR) is 283 cm³/mol. The molecule has 0 amide bonds. The third-order valence-corrected chi connectivity index (χ3v) is 10.8. The summed E-state index contributed by atoms with van der Waals surface area (Å²) in [7, 11) is 0. The quantitative estimate of drug-likeness (QED) is 0.0199. The summed E-state index contributed by atoms with van der Waals surface area (Å²) in [6.07, 6.45) is 73.2. The maximum absolute atomic E-state index is 12.8. The van der Waals surface area contributed by atoms with E-state index >= 15 is 0 Å². The highest BCUT2D eigenvalue weighted by Gasteiger charge is 2.19. The molecule has 0 radical (unpaired) electrons. The molecule has 0 spiro atoms. The van der Waals surface area contributed by atoms with E-state index in [1.165, 1.54) is 51.4 Å². The highest BCUT2D eigenvalue weighted by atomic mass is 16.6. The van der Waals surface area contributed by atoms with Crippen LogP contribution >= 0.6 is 0 Å². The minimum atomic E-state index is -0.816. The minimum absolute atomic E-state index is 0.113. The van der Waals surface area contributed by atoms with E-state index in [1.807, 2.05) is 36.5 Å². The second-order valence-electron chi connectivity index (χ2n) is 17.2. The van der Waals surface area contributed by atoms with E-state index < -0.39 is 6.10 Å². The first-order valence-corrected chi connectivity index (χ1v) is 26.6. The summed E-state index contributed by atoms with van der Waals surface area (Å²) in [5.41, 5.74) is 0. The van der Waals surface area contributed by atoms with Gasteiger partial charge in [0.1, 0.15) is 13.2 Å². The smallest absolute Gasteiger partial charge is 0.306 e. The zero-order valence-corrected chi connectivity index (χ0v) is 42.4. The van der Waals surface area contributed by atoms with Crippen molar-refractivity contribution in [1.29, 1.82) is 0 Å². The van der Waals surface area contributed by atoms with Crippen LogP contribution in [0.3, 0.4) is 0 Å². The Kier molecular flexibility index (Phi) is 50.0. The van der Waals surface area contributed by atoms with E-state index in [9.17, 15) is 14.4 Å². The summed E-state index contributed by atoms with van der Waals surface area (Å²) in [5, 5.41) is 0. The monoisotopic (exact) mass is 913 g/mol. The summed E-state index contributed by atoms with van der Waals surface area (Å²) in [6.45, 7) is 6.35. The van der Waals surface area contributed by atoms with Gasteiger partial charge in [-0.05, 0) is 96.3 Å². The van der Waals surface area contributed by atoms with Gasteiger partial charge in [-0.3, -0.25) is 14.4 Å². The van der Waals surface area contributed by atoms with Crippen LogP contribution in [0.25, 0.3) is 0 Å². The number of unbranched alkanes of at least 4 members (excludes halogenated alkanes) is 20. The average Bonchev–Trinajstić information content (AvgIpc) is 3.31. The SMILES string of the molecule is CC/C=C\C/C=C\C/C=C\CCCCCCC(=O)OCC(COC(=O)CCCCCCC\C=C/C=C\C=C/C=C\C=C/CCC)OC(=O)CCCCC/C=C\C=C/CCCCCCCCC. The van der Waals surface area contributed by atoms with Crippen LogP contribution in [0.5, 0.6) is 0 Å². The second kappa shape index (κ2) is 53.4. The van der Waals surface area contributed by atoms with Gasteiger partial charge >= 0.3 is 17.9 Å². The van der Waals surface area contributed by atoms with Crippen LogP contribution < -0.4 is 0 Å². The van der Waals surface area contributed by atoms with Crippen LogP contribution in [0.1, 0.15) is 220 Å². The number of rotatable bonds is 46. The molecule has 6 heteroatoms. The van der Waals surface area contributed by atoms with Gasteiger partial charge in [0, 0.05) is 19.3 Å². The van der Waals surface area contributed by atoms with Crippen molar-refractivity contribution in [2.75, 3.05) is 13.2 Å².